The summed E-state index contributed by atoms with van der Waals surface area (Å²) in [5, 5.41) is 13.6. The third-order valence-corrected chi connectivity index (χ3v) is 4.31. The third kappa shape index (κ3) is 3.11. The van der Waals surface area contributed by atoms with E-state index in [9.17, 15) is 4.79 Å². The number of nitrogens with zero attached hydrogens (tertiary/aromatic N) is 4. The summed E-state index contributed by atoms with van der Waals surface area (Å²) in [7, 11) is 0. The second-order valence-electron chi connectivity index (χ2n) is 6.11. The Labute approximate surface area is 136 Å². The van der Waals surface area contributed by atoms with E-state index in [2.05, 4.69) is 24.2 Å². The van der Waals surface area contributed by atoms with Crippen molar-refractivity contribution in [2.45, 2.75) is 32.7 Å². The fourth-order valence-electron chi connectivity index (χ4n) is 3.26. The fraction of sp³-hybridized carbons (Fsp3) is 0.389. The molecule has 2 aromatic rings. The minimum absolute atomic E-state index is 0.00617. The Morgan fingerprint density at radius 1 is 1.35 bits per heavy atom. The van der Waals surface area contributed by atoms with Gasteiger partial charge >= 0.3 is 0 Å². The minimum atomic E-state index is -0.00617. The number of likely N-dealkylation sites (tertiary alicyclic amines) is 1. The van der Waals surface area contributed by atoms with Gasteiger partial charge in [-0.1, -0.05) is 6.07 Å². The van der Waals surface area contributed by atoms with E-state index >= 15 is 0 Å². The number of benzene rings is 1. The Hall–Kier alpha value is -2.61. The van der Waals surface area contributed by atoms with Crippen LogP contribution in [0.2, 0.25) is 0 Å². The smallest absolute Gasteiger partial charge is 0.253 e. The van der Waals surface area contributed by atoms with Crippen molar-refractivity contribution in [2.75, 3.05) is 13.1 Å². The summed E-state index contributed by atoms with van der Waals surface area (Å²) in [5.41, 5.74) is 3.24. The molecule has 5 nitrogen and oxygen atoms in total. The van der Waals surface area contributed by atoms with E-state index in [1.165, 1.54) is 0 Å². The maximum Gasteiger partial charge on any atom is 0.253 e. The highest BCUT2D eigenvalue weighted by molar-refractivity contribution is 5.94. The van der Waals surface area contributed by atoms with Gasteiger partial charge in [-0.15, -0.1) is 0 Å². The summed E-state index contributed by atoms with van der Waals surface area (Å²) < 4.78 is 2.04. The van der Waals surface area contributed by atoms with E-state index in [1.807, 2.05) is 16.5 Å². The number of aromatic nitrogens is 2. The first-order valence-electron chi connectivity index (χ1n) is 7.90. The van der Waals surface area contributed by atoms with Crippen molar-refractivity contribution in [1.82, 2.24) is 14.7 Å². The molecule has 0 radical (unpaired) electrons. The van der Waals surface area contributed by atoms with Gasteiger partial charge in [-0.05, 0) is 51.0 Å². The fourth-order valence-corrected chi connectivity index (χ4v) is 3.26. The Kier molecular flexibility index (Phi) is 4.16. The zero-order valence-electron chi connectivity index (χ0n) is 13.5. The first-order valence-corrected chi connectivity index (χ1v) is 7.90. The highest BCUT2D eigenvalue weighted by atomic mass is 16.2. The standard InChI is InChI=1S/C18H20N4O/c1-13-9-14(2)22(20-13)17-7-4-8-21(12-17)18(23)16-6-3-5-15(10-16)11-19/h3,5-6,9-10,17H,4,7-8,12H2,1-2H3/t17-/m0/s1. The van der Waals surface area contributed by atoms with Gasteiger partial charge in [0, 0.05) is 24.3 Å². The molecular weight excluding hydrogens is 288 g/mol. The van der Waals surface area contributed by atoms with Crippen molar-refractivity contribution in [3.05, 3.63) is 52.8 Å². The van der Waals surface area contributed by atoms with Crippen LogP contribution in [0.25, 0.3) is 0 Å². The topological polar surface area (TPSA) is 61.9 Å². The molecule has 0 bridgehead atoms. The lowest BCUT2D eigenvalue weighted by Gasteiger charge is -2.33. The van der Waals surface area contributed by atoms with Gasteiger partial charge in [0.15, 0.2) is 0 Å². The number of aryl methyl sites for hydroxylation is 2. The number of hydrogen-bond donors (Lipinski definition) is 0. The number of amides is 1. The molecule has 1 aliphatic heterocycles. The van der Waals surface area contributed by atoms with Crippen LogP contribution in [0.4, 0.5) is 0 Å². The van der Waals surface area contributed by atoms with E-state index in [4.69, 9.17) is 5.26 Å². The van der Waals surface area contributed by atoms with Gasteiger partial charge in [0.05, 0.1) is 23.4 Å². The molecule has 0 unspecified atom stereocenters. The van der Waals surface area contributed by atoms with E-state index in [0.717, 1.165) is 30.8 Å². The van der Waals surface area contributed by atoms with Crippen LogP contribution in [0.1, 0.15) is 46.2 Å². The molecule has 23 heavy (non-hydrogen) atoms. The van der Waals surface area contributed by atoms with E-state index < -0.39 is 0 Å². The lowest BCUT2D eigenvalue weighted by Crippen LogP contribution is -2.41. The molecule has 1 aromatic heterocycles. The SMILES string of the molecule is Cc1cc(C)n([C@H]2CCCN(C(=O)c3cccc(C#N)c3)C2)n1. The number of carbonyl (C=O) groups is 1. The molecular formula is C18H20N4O. The van der Waals surface area contributed by atoms with Crippen molar-refractivity contribution in [3.8, 4) is 6.07 Å². The van der Waals surface area contributed by atoms with E-state index in [1.54, 1.807) is 24.3 Å². The highest BCUT2D eigenvalue weighted by Gasteiger charge is 2.26. The molecule has 1 fully saturated rings. The first-order chi connectivity index (χ1) is 11.1. The van der Waals surface area contributed by atoms with Crippen LogP contribution in [0, 0.1) is 25.2 Å². The van der Waals surface area contributed by atoms with E-state index in [0.29, 0.717) is 17.7 Å². The zero-order valence-corrected chi connectivity index (χ0v) is 13.5. The van der Waals surface area contributed by atoms with Crippen LogP contribution in [0.5, 0.6) is 0 Å². The molecule has 118 valence electrons. The molecule has 1 aliphatic rings. The average Bonchev–Trinajstić information content (AvgIpc) is 2.92. The maximum absolute atomic E-state index is 12.7. The summed E-state index contributed by atoms with van der Waals surface area (Å²) in [6.07, 6.45) is 2.00. The number of carbonyl (C=O) groups excluding carboxylic acids is 1. The monoisotopic (exact) mass is 308 g/mol. The second kappa shape index (κ2) is 6.25. The van der Waals surface area contributed by atoms with Crippen LogP contribution in [0.3, 0.4) is 0 Å². The van der Waals surface area contributed by atoms with Crippen LogP contribution >= 0.6 is 0 Å². The Balaban J connectivity index is 1.79. The minimum Gasteiger partial charge on any atom is -0.337 e. The lowest BCUT2D eigenvalue weighted by atomic mass is 10.0. The number of nitriles is 1. The molecule has 1 saturated heterocycles. The molecule has 5 heteroatoms. The van der Waals surface area contributed by atoms with Gasteiger partial charge in [-0.3, -0.25) is 9.48 Å². The van der Waals surface area contributed by atoms with Crippen molar-refractivity contribution >= 4 is 5.91 Å². The van der Waals surface area contributed by atoms with Crippen LogP contribution in [-0.4, -0.2) is 33.7 Å². The molecule has 0 aliphatic carbocycles. The van der Waals surface area contributed by atoms with Gasteiger partial charge in [-0.25, -0.2) is 0 Å². The van der Waals surface area contributed by atoms with Crippen molar-refractivity contribution in [1.29, 1.82) is 5.26 Å². The summed E-state index contributed by atoms with van der Waals surface area (Å²) in [6.45, 7) is 5.46. The molecule has 0 spiro atoms. The number of hydrogen-bond acceptors (Lipinski definition) is 3. The highest BCUT2D eigenvalue weighted by Crippen LogP contribution is 2.24. The average molecular weight is 308 g/mol. The summed E-state index contributed by atoms with van der Waals surface area (Å²) >= 11 is 0. The molecule has 1 amide bonds. The summed E-state index contributed by atoms with van der Waals surface area (Å²) in [6, 6.07) is 11.3. The summed E-state index contributed by atoms with van der Waals surface area (Å²) in [5.74, 6) is -0.00617. The van der Waals surface area contributed by atoms with Crippen molar-refractivity contribution < 1.29 is 4.79 Å². The third-order valence-electron chi connectivity index (χ3n) is 4.31. The Morgan fingerprint density at radius 2 is 2.17 bits per heavy atom. The molecule has 1 aromatic carbocycles. The largest absolute Gasteiger partial charge is 0.337 e. The first kappa shape index (κ1) is 15.3. The van der Waals surface area contributed by atoms with Gasteiger partial charge in [0.1, 0.15) is 0 Å². The number of piperidine rings is 1. The normalized spacial score (nSPS) is 17.8. The molecule has 0 N–H and O–H groups in total. The predicted molar refractivity (Wildman–Crippen MR) is 87.0 cm³/mol. The van der Waals surface area contributed by atoms with Crippen molar-refractivity contribution in [2.24, 2.45) is 0 Å². The van der Waals surface area contributed by atoms with Crippen LogP contribution in [-0.2, 0) is 0 Å². The van der Waals surface area contributed by atoms with Gasteiger partial charge in [0.2, 0.25) is 0 Å². The summed E-state index contributed by atoms with van der Waals surface area (Å²) in [4.78, 5) is 14.6. The Bertz CT molecular complexity index is 772. The van der Waals surface area contributed by atoms with Gasteiger partial charge in [-0.2, -0.15) is 10.4 Å². The quantitative estimate of drug-likeness (QED) is 0.857. The van der Waals surface area contributed by atoms with E-state index in [-0.39, 0.29) is 11.9 Å². The molecule has 0 saturated carbocycles. The lowest BCUT2D eigenvalue weighted by molar-refractivity contribution is 0.0671. The van der Waals surface area contributed by atoms with Crippen LogP contribution in [0.15, 0.2) is 30.3 Å². The van der Waals surface area contributed by atoms with Gasteiger partial charge in [0.25, 0.3) is 5.91 Å². The molecule has 2 heterocycles. The molecule has 1 atom stereocenters. The Morgan fingerprint density at radius 3 is 2.87 bits per heavy atom. The number of rotatable bonds is 2. The van der Waals surface area contributed by atoms with Crippen molar-refractivity contribution in [3.63, 3.8) is 0 Å². The predicted octanol–water partition coefficient (Wildman–Crippen LogP) is 2.85. The van der Waals surface area contributed by atoms with Crippen LogP contribution < -0.4 is 0 Å². The maximum atomic E-state index is 12.7. The molecule has 3 rings (SSSR count). The second-order valence-corrected chi connectivity index (χ2v) is 6.11. The van der Waals surface area contributed by atoms with Gasteiger partial charge < -0.3 is 4.90 Å². The zero-order chi connectivity index (χ0) is 16.4.